The van der Waals surface area contributed by atoms with E-state index in [-0.39, 0.29) is 14.0 Å². The van der Waals surface area contributed by atoms with Crippen molar-refractivity contribution >= 4 is 13.2 Å². The number of hydrogen-bond donors (Lipinski definition) is 0. The highest BCUT2D eigenvalue weighted by Gasteiger charge is 2.36. The first-order valence-electron chi connectivity index (χ1n) is 15.9. The molecule has 0 aliphatic heterocycles. The molecule has 2 heteroatoms. The molecule has 2 aliphatic rings. The van der Waals surface area contributed by atoms with Gasteiger partial charge in [0.05, 0.1) is 6.10 Å². The van der Waals surface area contributed by atoms with Gasteiger partial charge in [0.15, 0.2) is 0 Å². The van der Waals surface area contributed by atoms with E-state index in [0.29, 0.717) is 17.8 Å². The summed E-state index contributed by atoms with van der Waals surface area (Å²) < 4.78 is 6.75. The standard InChI is InChI=1S/C36H55OP/c1-24(2)28-22-32(25(3)4)35(33(23-28)26(5)6)31-20-15-21-34(37-27(7)8)36(31)38(29-16-11-9-12-17-29)30-18-13-10-14-19-30/h15,20-27,29-30H,9-14,16-19H2,1-8H3. The molecule has 1 nitrogen and oxygen atoms in total. The molecule has 2 saturated carbocycles. The minimum atomic E-state index is -0.296. The van der Waals surface area contributed by atoms with E-state index in [1.807, 2.05) is 0 Å². The summed E-state index contributed by atoms with van der Waals surface area (Å²) in [5.41, 5.74) is 9.28. The number of rotatable bonds is 9. The Balaban J connectivity index is 2.03. The van der Waals surface area contributed by atoms with Gasteiger partial charge in [0.1, 0.15) is 5.75 Å². The second kappa shape index (κ2) is 13.4. The van der Waals surface area contributed by atoms with Gasteiger partial charge in [-0.15, -0.1) is 0 Å². The van der Waals surface area contributed by atoms with Crippen LogP contribution in [0.25, 0.3) is 11.1 Å². The zero-order chi connectivity index (χ0) is 27.4. The van der Waals surface area contributed by atoms with Crippen molar-refractivity contribution in [2.75, 3.05) is 0 Å². The van der Waals surface area contributed by atoms with Crippen LogP contribution in [-0.2, 0) is 0 Å². The number of ether oxygens (including phenoxy) is 1. The monoisotopic (exact) mass is 534 g/mol. The molecule has 38 heavy (non-hydrogen) atoms. The van der Waals surface area contributed by atoms with Crippen LogP contribution in [0.3, 0.4) is 0 Å². The van der Waals surface area contributed by atoms with Crippen LogP contribution in [0, 0.1) is 0 Å². The molecule has 2 fully saturated rings. The molecule has 4 rings (SSSR count). The van der Waals surface area contributed by atoms with Crippen molar-refractivity contribution in [3.8, 4) is 16.9 Å². The molecule has 0 atom stereocenters. The molecule has 2 aromatic carbocycles. The van der Waals surface area contributed by atoms with Crippen LogP contribution >= 0.6 is 7.92 Å². The molecule has 2 aliphatic carbocycles. The van der Waals surface area contributed by atoms with E-state index < -0.39 is 0 Å². The van der Waals surface area contributed by atoms with Gasteiger partial charge in [-0.2, -0.15) is 0 Å². The Kier molecular flexibility index (Phi) is 10.4. The maximum Gasteiger partial charge on any atom is 0.127 e. The lowest BCUT2D eigenvalue weighted by atomic mass is 9.81. The molecule has 0 amide bonds. The Morgan fingerprint density at radius 2 is 1.16 bits per heavy atom. The van der Waals surface area contributed by atoms with Crippen molar-refractivity contribution < 1.29 is 4.74 Å². The third-order valence-corrected chi connectivity index (χ3v) is 12.5. The van der Waals surface area contributed by atoms with Gasteiger partial charge < -0.3 is 4.74 Å². The van der Waals surface area contributed by atoms with Crippen molar-refractivity contribution in [1.82, 2.24) is 0 Å². The van der Waals surface area contributed by atoms with Gasteiger partial charge in [-0.3, -0.25) is 0 Å². The first-order valence-corrected chi connectivity index (χ1v) is 17.4. The summed E-state index contributed by atoms with van der Waals surface area (Å²) in [5, 5.41) is 1.62. The van der Waals surface area contributed by atoms with Crippen LogP contribution in [0.5, 0.6) is 5.75 Å². The minimum absolute atomic E-state index is 0.191. The Labute approximate surface area is 236 Å². The third-order valence-electron chi connectivity index (χ3n) is 8.96. The van der Waals surface area contributed by atoms with Crippen LogP contribution < -0.4 is 10.0 Å². The molecule has 0 N–H and O–H groups in total. The topological polar surface area (TPSA) is 9.23 Å². The molecule has 0 aromatic heterocycles. The second-order valence-corrected chi connectivity index (χ2v) is 16.1. The van der Waals surface area contributed by atoms with Crippen molar-refractivity contribution in [3.05, 3.63) is 47.0 Å². The first-order chi connectivity index (χ1) is 18.2. The van der Waals surface area contributed by atoms with Crippen LogP contribution in [0.4, 0.5) is 0 Å². The average Bonchev–Trinajstić information content (AvgIpc) is 2.89. The van der Waals surface area contributed by atoms with Crippen molar-refractivity contribution in [1.29, 1.82) is 0 Å². The Hall–Kier alpha value is -1.33. The fourth-order valence-electron chi connectivity index (χ4n) is 6.99. The van der Waals surface area contributed by atoms with Crippen molar-refractivity contribution in [2.45, 2.75) is 155 Å². The van der Waals surface area contributed by atoms with E-state index in [4.69, 9.17) is 4.74 Å². The summed E-state index contributed by atoms with van der Waals surface area (Å²) in [7, 11) is -0.296. The van der Waals surface area contributed by atoms with E-state index in [9.17, 15) is 0 Å². The highest BCUT2D eigenvalue weighted by atomic mass is 31.1. The Morgan fingerprint density at radius 1 is 0.658 bits per heavy atom. The lowest BCUT2D eigenvalue weighted by Gasteiger charge is -2.41. The van der Waals surface area contributed by atoms with E-state index >= 15 is 0 Å². The van der Waals surface area contributed by atoms with Gasteiger partial charge in [-0.1, -0.05) is 112 Å². The summed E-state index contributed by atoms with van der Waals surface area (Å²) in [6.45, 7) is 18.7. The lowest BCUT2D eigenvalue weighted by Crippen LogP contribution is -2.29. The van der Waals surface area contributed by atoms with E-state index in [0.717, 1.165) is 11.3 Å². The normalized spacial score (nSPS) is 17.9. The maximum atomic E-state index is 6.75. The Morgan fingerprint density at radius 3 is 1.58 bits per heavy atom. The molecule has 0 radical (unpaired) electrons. The SMILES string of the molecule is CC(C)Oc1cccc(-c2c(C(C)C)cc(C(C)C)cc2C(C)C)c1P(C1CCCCC1)C1CCCCC1. The molecule has 0 heterocycles. The molecular weight excluding hydrogens is 479 g/mol. The summed E-state index contributed by atoms with van der Waals surface area (Å²) >= 11 is 0. The highest BCUT2D eigenvalue weighted by Crippen LogP contribution is 2.58. The van der Waals surface area contributed by atoms with Gasteiger partial charge in [0, 0.05) is 5.30 Å². The van der Waals surface area contributed by atoms with Crippen LogP contribution in [0.15, 0.2) is 30.3 Å². The summed E-state index contributed by atoms with van der Waals surface area (Å²) in [6.07, 6.45) is 14.3. The fourth-order valence-corrected chi connectivity index (χ4v) is 11.0. The number of hydrogen-bond acceptors (Lipinski definition) is 1. The minimum Gasteiger partial charge on any atom is -0.490 e. The van der Waals surface area contributed by atoms with Gasteiger partial charge in [-0.05, 0) is 102 Å². The van der Waals surface area contributed by atoms with E-state index in [1.54, 1.807) is 5.30 Å². The lowest BCUT2D eigenvalue weighted by molar-refractivity contribution is 0.244. The Bertz CT molecular complexity index is 990. The zero-order valence-corrected chi connectivity index (χ0v) is 26.7. The molecule has 0 bridgehead atoms. The van der Waals surface area contributed by atoms with Crippen molar-refractivity contribution in [3.63, 3.8) is 0 Å². The van der Waals surface area contributed by atoms with Crippen LogP contribution in [0.2, 0.25) is 0 Å². The van der Waals surface area contributed by atoms with Gasteiger partial charge >= 0.3 is 0 Å². The van der Waals surface area contributed by atoms with Gasteiger partial charge in [0.25, 0.3) is 0 Å². The first kappa shape index (κ1) is 29.6. The fraction of sp³-hybridized carbons (Fsp3) is 0.667. The molecule has 0 saturated heterocycles. The molecule has 0 spiro atoms. The predicted molar refractivity (Wildman–Crippen MR) is 170 cm³/mol. The maximum absolute atomic E-state index is 6.75. The van der Waals surface area contributed by atoms with Gasteiger partial charge in [0.2, 0.25) is 0 Å². The summed E-state index contributed by atoms with van der Waals surface area (Å²) in [4.78, 5) is 0. The van der Waals surface area contributed by atoms with Crippen LogP contribution in [-0.4, -0.2) is 17.4 Å². The molecule has 0 unspecified atom stereocenters. The summed E-state index contributed by atoms with van der Waals surface area (Å²) in [5.74, 6) is 2.70. The third kappa shape index (κ3) is 6.69. The smallest absolute Gasteiger partial charge is 0.127 e. The van der Waals surface area contributed by atoms with Crippen LogP contribution in [0.1, 0.15) is 154 Å². The second-order valence-electron chi connectivity index (χ2n) is 13.3. The zero-order valence-electron chi connectivity index (χ0n) is 25.8. The van der Waals surface area contributed by atoms with E-state index in [1.165, 1.54) is 97.8 Å². The molecule has 210 valence electrons. The molecule has 2 aromatic rings. The summed E-state index contributed by atoms with van der Waals surface area (Å²) in [6, 6.07) is 12.2. The largest absolute Gasteiger partial charge is 0.490 e. The quantitative estimate of drug-likeness (QED) is 0.291. The van der Waals surface area contributed by atoms with Gasteiger partial charge in [-0.25, -0.2) is 0 Å². The van der Waals surface area contributed by atoms with E-state index in [2.05, 4.69) is 85.7 Å². The molecular formula is C36H55OP. The van der Waals surface area contributed by atoms with Crippen molar-refractivity contribution in [2.24, 2.45) is 0 Å². The predicted octanol–water partition coefficient (Wildman–Crippen LogP) is 11.3. The number of benzene rings is 2. The highest BCUT2D eigenvalue weighted by molar-refractivity contribution is 7.67. The average molecular weight is 535 g/mol.